The molecule has 0 N–H and O–H groups in total. The van der Waals surface area contributed by atoms with Crippen LogP contribution in [-0.2, 0) is 26.1 Å². The number of morpholine rings is 1. The molecule has 0 aromatic carbocycles. The normalized spacial score (nSPS) is 16.0. The molecule has 0 atom stereocenters. The summed E-state index contributed by atoms with van der Waals surface area (Å²) in [6, 6.07) is 3.57. The van der Waals surface area contributed by atoms with Crippen molar-refractivity contribution in [3.8, 4) is 0 Å². The Morgan fingerprint density at radius 3 is 2.73 bits per heavy atom. The highest BCUT2D eigenvalue weighted by Gasteiger charge is 2.21. The Labute approximate surface area is 130 Å². The Morgan fingerprint density at radius 1 is 1.41 bits per heavy atom. The number of nitrogens with zero attached hydrogens (tertiary/aromatic N) is 3. The van der Waals surface area contributed by atoms with Gasteiger partial charge in [0.15, 0.2) is 0 Å². The molecule has 0 saturated carbocycles. The number of hydrogen-bond donors (Lipinski definition) is 0. The van der Waals surface area contributed by atoms with Crippen LogP contribution < -0.4 is 0 Å². The highest BCUT2D eigenvalue weighted by molar-refractivity contribution is 7.88. The highest BCUT2D eigenvalue weighted by atomic mass is 32.2. The third-order valence-electron chi connectivity index (χ3n) is 3.49. The summed E-state index contributed by atoms with van der Waals surface area (Å²) in [5, 5.41) is 0. The zero-order valence-corrected chi connectivity index (χ0v) is 13.5. The number of pyridine rings is 1. The van der Waals surface area contributed by atoms with Crippen LogP contribution >= 0.6 is 0 Å². The minimum Gasteiger partial charge on any atom is -0.378 e. The Morgan fingerprint density at radius 2 is 2.14 bits per heavy atom. The van der Waals surface area contributed by atoms with E-state index in [1.807, 2.05) is 6.07 Å². The molecule has 1 fully saturated rings. The highest BCUT2D eigenvalue weighted by Crippen LogP contribution is 2.09. The summed E-state index contributed by atoms with van der Waals surface area (Å²) in [5.41, 5.74) is 0.798. The number of amides is 1. The average molecular weight is 327 g/mol. The molecule has 1 saturated heterocycles. The molecule has 1 aliphatic rings. The fourth-order valence-corrected chi connectivity index (χ4v) is 3.06. The van der Waals surface area contributed by atoms with E-state index in [0.29, 0.717) is 26.3 Å². The fraction of sp³-hybridized carbons (Fsp3) is 0.571. The molecule has 0 aliphatic carbocycles. The van der Waals surface area contributed by atoms with Gasteiger partial charge in [0.05, 0.1) is 19.5 Å². The second kappa shape index (κ2) is 7.66. The SMILES string of the molecule is CS(=O)(=O)N(CCC(=O)N1CCOCC1)Cc1cccnc1. The Kier molecular flexibility index (Phi) is 5.87. The van der Waals surface area contributed by atoms with E-state index < -0.39 is 10.0 Å². The maximum Gasteiger partial charge on any atom is 0.224 e. The maximum atomic E-state index is 12.1. The van der Waals surface area contributed by atoms with E-state index in [0.717, 1.165) is 11.8 Å². The van der Waals surface area contributed by atoms with Crippen LogP contribution in [0.2, 0.25) is 0 Å². The van der Waals surface area contributed by atoms with E-state index in [4.69, 9.17) is 4.74 Å². The second-order valence-electron chi connectivity index (χ2n) is 5.20. The summed E-state index contributed by atoms with van der Waals surface area (Å²) in [4.78, 5) is 17.8. The van der Waals surface area contributed by atoms with Crippen LogP contribution in [0, 0.1) is 0 Å². The van der Waals surface area contributed by atoms with Gasteiger partial charge in [0.2, 0.25) is 15.9 Å². The molecule has 0 spiro atoms. The zero-order chi connectivity index (χ0) is 16.0. The number of aromatic nitrogens is 1. The number of sulfonamides is 1. The molecule has 7 nitrogen and oxygen atoms in total. The predicted octanol–water partition coefficient (Wildman–Crippen LogP) is 0.0921. The van der Waals surface area contributed by atoms with Crippen molar-refractivity contribution in [2.24, 2.45) is 0 Å². The molecule has 0 radical (unpaired) electrons. The first-order chi connectivity index (χ1) is 10.5. The van der Waals surface area contributed by atoms with Crippen LogP contribution in [0.4, 0.5) is 0 Å². The van der Waals surface area contributed by atoms with Gasteiger partial charge in [-0.2, -0.15) is 4.31 Å². The van der Waals surface area contributed by atoms with Gasteiger partial charge in [-0.3, -0.25) is 9.78 Å². The lowest BCUT2D eigenvalue weighted by molar-refractivity contribution is -0.135. The van der Waals surface area contributed by atoms with Crippen LogP contribution in [0.15, 0.2) is 24.5 Å². The van der Waals surface area contributed by atoms with E-state index in [9.17, 15) is 13.2 Å². The van der Waals surface area contributed by atoms with Gasteiger partial charge in [0, 0.05) is 45.0 Å². The lowest BCUT2D eigenvalue weighted by Gasteiger charge is -2.28. The van der Waals surface area contributed by atoms with E-state index >= 15 is 0 Å². The molecular weight excluding hydrogens is 306 g/mol. The summed E-state index contributed by atoms with van der Waals surface area (Å²) in [7, 11) is -3.38. The van der Waals surface area contributed by atoms with Crippen molar-refractivity contribution < 1.29 is 17.9 Å². The van der Waals surface area contributed by atoms with E-state index in [2.05, 4.69) is 4.98 Å². The van der Waals surface area contributed by atoms with E-state index in [-0.39, 0.29) is 25.4 Å². The summed E-state index contributed by atoms with van der Waals surface area (Å²) in [6.07, 6.45) is 4.59. The molecule has 1 aliphatic heterocycles. The number of rotatable bonds is 6. The third-order valence-corrected chi connectivity index (χ3v) is 4.74. The fourth-order valence-electron chi connectivity index (χ4n) is 2.25. The standard InChI is InChI=1S/C14H21N3O4S/c1-22(19,20)17(12-13-3-2-5-15-11-13)6-4-14(18)16-7-9-21-10-8-16/h2-3,5,11H,4,6-10,12H2,1H3. The van der Waals surface area contributed by atoms with Crippen LogP contribution in [-0.4, -0.2) is 67.6 Å². The minimum absolute atomic E-state index is 0.0388. The lowest BCUT2D eigenvalue weighted by atomic mass is 10.2. The third kappa shape index (κ3) is 5.04. The summed E-state index contributed by atoms with van der Waals surface area (Å²) in [6.45, 7) is 2.61. The summed E-state index contributed by atoms with van der Waals surface area (Å²) < 4.78 is 30.3. The quantitative estimate of drug-likeness (QED) is 0.740. The molecule has 1 amide bonds. The van der Waals surface area contributed by atoms with Crippen LogP contribution in [0.1, 0.15) is 12.0 Å². The Bertz CT molecular complexity index is 585. The van der Waals surface area contributed by atoms with Crippen molar-refractivity contribution in [3.05, 3.63) is 30.1 Å². The van der Waals surface area contributed by atoms with Gasteiger partial charge in [0.25, 0.3) is 0 Å². The molecule has 0 unspecified atom stereocenters. The van der Waals surface area contributed by atoms with Gasteiger partial charge < -0.3 is 9.64 Å². The molecule has 22 heavy (non-hydrogen) atoms. The average Bonchev–Trinajstić information content (AvgIpc) is 2.52. The maximum absolute atomic E-state index is 12.1. The molecule has 122 valence electrons. The number of hydrogen-bond acceptors (Lipinski definition) is 5. The van der Waals surface area contributed by atoms with Crippen molar-refractivity contribution in [2.75, 3.05) is 39.1 Å². The first kappa shape index (κ1) is 16.9. The molecule has 1 aromatic rings. The largest absolute Gasteiger partial charge is 0.378 e. The smallest absolute Gasteiger partial charge is 0.224 e. The topological polar surface area (TPSA) is 79.8 Å². The number of ether oxygens (including phenoxy) is 1. The Balaban J connectivity index is 1.94. The first-order valence-electron chi connectivity index (χ1n) is 7.16. The van der Waals surface area contributed by atoms with Gasteiger partial charge in [0.1, 0.15) is 0 Å². The molecule has 2 heterocycles. The van der Waals surface area contributed by atoms with E-state index in [1.54, 1.807) is 23.4 Å². The molecule has 8 heteroatoms. The molecule has 1 aromatic heterocycles. The van der Waals surface area contributed by atoms with Crippen LogP contribution in [0.3, 0.4) is 0 Å². The molecule has 2 rings (SSSR count). The van der Waals surface area contributed by atoms with Crippen molar-refractivity contribution >= 4 is 15.9 Å². The zero-order valence-electron chi connectivity index (χ0n) is 12.6. The number of carbonyl (C=O) groups excluding carboxylic acids is 1. The number of carbonyl (C=O) groups is 1. The van der Waals surface area contributed by atoms with Crippen molar-refractivity contribution in [1.29, 1.82) is 0 Å². The monoisotopic (exact) mass is 327 g/mol. The summed E-state index contributed by atoms with van der Waals surface area (Å²) in [5.74, 6) is -0.0388. The van der Waals surface area contributed by atoms with Crippen molar-refractivity contribution in [1.82, 2.24) is 14.2 Å². The van der Waals surface area contributed by atoms with Gasteiger partial charge >= 0.3 is 0 Å². The molecular formula is C14H21N3O4S. The van der Waals surface area contributed by atoms with Gasteiger partial charge in [-0.05, 0) is 11.6 Å². The van der Waals surface area contributed by atoms with Gasteiger partial charge in [-0.1, -0.05) is 6.07 Å². The lowest BCUT2D eigenvalue weighted by Crippen LogP contribution is -2.42. The van der Waals surface area contributed by atoms with Gasteiger partial charge in [-0.25, -0.2) is 8.42 Å². The summed E-state index contributed by atoms with van der Waals surface area (Å²) >= 11 is 0. The van der Waals surface area contributed by atoms with Crippen molar-refractivity contribution in [3.63, 3.8) is 0 Å². The van der Waals surface area contributed by atoms with Crippen molar-refractivity contribution in [2.45, 2.75) is 13.0 Å². The first-order valence-corrected chi connectivity index (χ1v) is 9.01. The second-order valence-corrected chi connectivity index (χ2v) is 7.18. The van der Waals surface area contributed by atoms with E-state index in [1.165, 1.54) is 4.31 Å². The minimum atomic E-state index is -3.38. The van der Waals surface area contributed by atoms with Crippen LogP contribution in [0.5, 0.6) is 0 Å². The van der Waals surface area contributed by atoms with Crippen LogP contribution in [0.25, 0.3) is 0 Å². The predicted molar refractivity (Wildman–Crippen MR) is 81.5 cm³/mol. The molecule has 0 bridgehead atoms. The van der Waals surface area contributed by atoms with Gasteiger partial charge in [-0.15, -0.1) is 0 Å². The Hall–Kier alpha value is -1.51.